The molecular formula is C25H21N7O. The summed E-state index contributed by atoms with van der Waals surface area (Å²) >= 11 is 0. The third-order valence-electron chi connectivity index (χ3n) is 5.51. The summed E-state index contributed by atoms with van der Waals surface area (Å²) in [4.78, 5) is 12.8. The smallest absolute Gasteiger partial charge is 0.251 e. The van der Waals surface area contributed by atoms with Gasteiger partial charge in [0.25, 0.3) is 5.91 Å². The van der Waals surface area contributed by atoms with Gasteiger partial charge in [-0.05, 0) is 60.7 Å². The van der Waals surface area contributed by atoms with Crippen molar-refractivity contribution >= 4 is 17.3 Å². The standard InChI is InChI=1S/C25H21N7O/c1-16-27-31-24(32-28-16)19-8-6-17(7-9-19)15-26-25(33)21-12-13-23-20(14-21)11-10-18-4-2-3-5-22(18)29-30-23/h2-9,12-14H,10-11,15H2,1H3,(H,26,33). The Balaban J connectivity index is 1.25. The lowest BCUT2D eigenvalue weighted by Crippen LogP contribution is -2.22. The van der Waals surface area contributed by atoms with Crippen LogP contribution in [-0.4, -0.2) is 26.3 Å². The van der Waals surface area contributed by atoms with Gasteiger partial charge in [-0.3, -0.25) is 4.79 Å². The molecule has 0 atom stereocenters. The summed E-state index contributed by atoms with van der Waals surface area (Å²) < 4.78 is 0. The number of nitrogens with one attached hydrogen (secondary N) is 1. The second-order valence-corrected chi connectivity index (χ2v) is 7.82. The van der Waals surface area contributed by atoms with Gasteiger partial charge >= 0.3 is 0 Å². The van der Waals surface area contributed by atoms with E-state index in [4.69, 9.17) is 0 Å². The van der Waals surface area contributed by atoms with Gasteiger partial charge in [-0.15, -0.1) is 20.4 Å². The van der Waals surface area contributed by atoms with Crippen LogP contribution in [0.1, 0.15) is 32.9 Å². The van der Waals surface area contributed by atoms with Gasteiger partial charge in [-0.1, -0.05) is 42.5 Å². The van der Waals surface area contributed by atoms with Crippen molar-refractivity contribution in [2.75, 3.05) is 0 Å². The van der Waals surface area contributed by atoms with Gasteiger partial charge in [0, 0.05) is 17.7 Å². The molecular weight excluding hydrogens is 414 g/mol. The van der Waals surface area contributed by atoms with Crippen molar-refractivity contribution < 1.29 is 4.79 Å². The SMILES string of the molecule is Cc1nnc(-c2ccc(CNC(=O)c3ccc4c(c3)CCc3ccccc3N=N4)cc2)nn1. The summed E-state index contributed by atoms with van der Waals surface area (Å²) in [5.74, 6) is 0.868. The third-order valence-corrected chi connectivity index (χ3v) is 5.51. The summed E-state index contributed by atoms with van der Waals surface area (Å²) in [5, 5.41) is 27.7. The van der Waals surface area contributed by atoms with Crippen molar-refractivity contribution in [3.05, 3.63) is 94.8 Å². The number of nitrogens with zero attached hydrogens (tertiary/aromatic N) is 6. The largest absolute Gasteiger partial charge is 0.348 e. The molecule has 0 fully saturated rings. The van der Waals surface area contributed by atoms with Crippen LogP contribution >= 0.6 is 0 Å². The van der Waals surface area contributed by atoms with Gasteiger partial charge in [-0.2, -0.15) is 10.2 Å². The van der Waals surface area contributed by atoms with Crippen molar-refractivity contribution in [3.8, 4) is 11.4 Å². The molecule has 1 aromatic heterocycles. The minimum absolute atomic E-state index is 0.128. The molecule has 1 aliphatic heterocycles. The number of rotatable bonds is 4. The van der Waals surface area contributed by atoms with Crippen LogP contribution in [0.2, 0.25) is 0 Å². The van der Waals surface area contributed by atoms with Crippen LogP contribution in [-0.2, 0) is 19.4 Å². The Morgan fingerprint density at radius 3 is 2.30 bits per heavy atom. The highest BCUT2D eigenvalue weighted by Crippen LogP contribution is 2.30. The fraction of sp³-hybridized carbons (Fsp3) is 0.160. The van der Waals surface area contributed by atoms with E-state index in [-0.39, 0.29) is 5.91 Å². The molecule has 0 unspecified atom stereocenters. The first kappa shape index (κ1) is 20.6. The molecule has 4 aromatic rings. The first-order valence-corrected chi connectivity index (χ1v) is 10.7. The van der Waals surface area contributed by atoms with E-state index in [1.165, 1.54) is 0 Å². The molecule has 0 saturated carbocycles. The molecule has 5 rings (SSSR count). The van der Waals surface area contributed by atoms with E-state index in [1.54, 1.807) is 13.0 Å². The molecule has 0 bridgehead atoms. The third kappa shape index (κ3) is 4.64. The quantitative estimate of drug-likeness (QED) is 0.501. The molecule has 33 heavy (non-hydrogen) atoms. The van der Waals surface area contributed by atoms with Crippen LogP contribution < -0.4 is 5.32 Å². The number of hydrogen-bond acceptors (Lipinski definition) is 7. The molecule has 3 aromatic carbocycles. The number of azo groups is 1. The molecule has 1 aliphatic rings. The summed E-state index contributed by atoms with van der Waals surface area (Å²) in [6.45, 7) is 2.15. The highest BCUT2D eigenvalue weighted by molar-refractivity contribution is 5.94. The Kier molecular flexibility index (Phi) is 5.63. The molecule has 2 heterocycles. The molecule has 8 heteroatoms. The van der Waals surface area contributed by atoms with Crippen LogP contribution in [0.3, 0.4) is 0 Å². The van der Waals surface area contributed by atoms with Crippen molar-refractivity contribution in [1.29, 1.82) is 0 Å². The zero-order chi connectivity index (χ0) is 22.6. The van der Waals surface area contributed by atoms with Crippen LogP contribution in [0.5, 0.6) is 0 Å². The summed E-state index contributed by atoms with van der Waals surface area (Å²) in [7, 11) is 0. The van der Waals surface area contributed by atoms with E-state index < -0.39 is 0 Å². The van der Waals surface area contributed by atoms with Gasteiger partial charge in [-0.25, -0.2) is 0 Å². The number of benzene rings is 3. The maximum Gasteiger partial charge on any atom is 0.251 e. The second-order valence-electron chi connectivity index (χ2n) is 7.82. The molecule has 0 saturated heterocycles. The van der Waals surface area contributed by atoms with Gasteiger partial charge in [0.05, 0.1) is 11.4 Å². The van der Waals surface area contributed by atoms with E-state index in [9.17, 15) is 4.79 Å². The maximum absolute atomic E-state index is 12.8. The lowest BCUT2D eigenvalue weighted by Gasteiger charge is -2.13. The minimum atomic E-state index is -0.128. The number of fused-ring (bicyclic) bond motifs is 2. The van der Waals surface area contributed by atoms with Crippen molar-refractivity contribution in [2.24, 2.45) is 10.2 Å². The average Bonchev–Trinajstić information content (AvgIpc) is 2.85. The van der Waals surface area contributed by atoms with Crippen molar-refractivity contribution in [1.82, 2.24) is 25.7 Å². The molecule has 0 radical (unpaired) electrons. The van der Waals surface area contributed by atoms with E-state index in [0.29, 0.717) is 23.8 Å². The zero-order valence-corrected chi connectivity index (χ0v) is 18.1. The molecule has 1 amide bonds. The number of aryl methyl sites for hydroxylation is 3. The highest BCUT2D eigenvalue weighted by atomic mass is 16.1. The Labute approximate surface area is 190 Å². The highest BCUT2D eigenvalue weighted by Gasteiger charge is 2.13. The Morgan fingerprint density at radius 2 is 1.52 bits per heavy atom. The van der Waals surface area contributed by atoms with Gasteiger partial charge in [0.2, 0.25) is 5.82 Å². The van der Waals surface area contributed by atoms with Gasteiger partial charge in [0.1, 0.15) is 0 Å². The lowest BCUT2D eigenvalue weighted by atomic mass is 9.99. The predicted molar refractivity (Wildman–Crippen MR) is 123 cm³/mol. The van der Waals surface area contributed by atoms with E-state index in [1.807, 2.05) is 54.6 Å². The fourth-order valence-electron chi connectivity index (χ4n) is 3.67. The van der Waals surface area contributed by atoms with E-state index >= 15 is 0 Å². The first-order valence-electron chi connectivity index (χ1n) is 10.7. The minimum Gasteiger partial charge on any atom is -0.348 e. The first-order chi connectivity index (χ1) is 16.2. The Hall–Kier alpha value is -4.33. The Morgan fingerprint density at radius 1 is 0.818 bits per heavy atom. The maximum atomic E-state index is 12.8. The van der Waals surface area contributed by atoms with E-state index in [2.05, 4.69) is 42.0 Å². The number of carbonyl (C=O) groups excluding carboxylic acids is 1. The van der Waals surface area contributed by atoms with Crippen LogP contribution in [0.4, 0.5) is 11.4 Å². The number of aromatic nitrogens is 4. The number of amides is 1. The molecule has 8 nitrogen and oxygen atoms in total. The molecule has 0 aliphatic carbocycles. The molecule has 0 spiro atoms. The number of hydrogen-bond donors (Lipinski definition) is 1. The van der Waals surface area contributed by atoms with Crippen molar-refractivity contribution in [2.45, 2.75) is 26.3 Å². The van der Waals surface area contributed by atoms with Crippen molar-refractivity contribution in [3.63, 3.8) is 0 Å². The molecule has 162 valence electrons. The zero-order valence-electron chi connectivity index (χ0n) is 18.1. The number of carbonyl (C=O) groups is 1. The van der Waals surface area contributed by atoms with Gasteiger partial charge in [0.15, 0.2) is 5.82 Å². The monoisotopic (exact) mass is 435 g/mol. The fourth-order valence-corrected chi connectivity index (χ4v) is 3.67. The van der Waals surface area contributed by atoms with Crippen LogP contribution in [0, 0.1) is 6.92 Å². The second kappa shape index (κ2) is 9.04. The lowest BCUT2D eigenvalue weighted by molar-refractivity contribution is 0.0951. The average molecular weight is 435 g/mol. The van der Waals surface area contributed by atoms with Crippen LogP contribution in [0.25, 0.3) is 11.4 Å². The van der Waals surface area contributed by atoms with Gasteiger partial charge < -0.3 is 5.32 Å². The normalized spacial score (nSPS) is 12.3. The molecule has 1 N–H and O–H groups in total. The predicted octanol–water partition coefficient (Wildman–Crippen LogP) is 4.69. The Bertz CT molecular complexity index is 1330. The van der Waals surface area contributed by atoms with Crippen LogP contribution in [0.15, 0.2) is 77.0 Å². The topological polar surface area (TPSA) is 105 Å². The summed E-state index contributed by atoms with van der Waals surface area (Å²) in [6, 6.07) is 21.2. The summed E-state index contributed by atoms with van der Waals surface area (Å²) in [6.07, 6.45) is 1.66. The summed E-state index contributed by atoms with van der Waals surface area (Å²) in [5.41, 5.74) is 6.29. The van der Waals surface area contributed by atoms with E-state index in [0.717, 1.165) is 46.5 Å².